The van der Waals surface area contributed by atoms with Gasteiger partial charge in [0.1, 0.15) is 5.82 Å². The molecule has 0 atom stereocenters. The predicted octanol–water partition coefficient (Wildman–Crippen LogP) is 4.31. The van der Waals surface area contributed by atoms with Crippen molar-refractivity contribution in [3.8, 4) is 0 Å². The van der Waals surface area contributed by atoms with Crippen molar-refractivity contribution >= 4 is 49.9 Å². The molecule has 4 rings (SSSR count). The average Bonchev–Trinajstić information content (AvgIpc) is 3.03. The molecule has 148 valence electrons. The van der Waals surface area contributed by atoms with E-state index in [2.05, 4.69) is 36.6 Å². The minimum atomic E-state index is -0.436. The van der Waals surface area contributed by atoms with E-state index >= 15 is 0 Å². The molecular weight excluding hydrogens is 439 g/mol. The molecule has 0 bridgehead atoms. The largest absolute Gasteiger partial charge is 0.323 e. The monoisotopic (exact) mass is 456 g/mol. The van der Waals surface area contributed by atoms with Crippen LogP contribution in [-0.4, -0.2) is 46.7 Å². The highest BCUT2D eigenvalue weighted by atomic mass is 79.9. The molecule has 1 aliphatic heterocycles. The summed E-state index contributed by atoms with van der Waals surface area (Å²) in [6.07, 6.45) is 3.78. The highest BCUT2D eigenvalue weighted by Crippen LogP contribution is 2.24. The summed E-state index contributed by atoms with van der Waals surface area (Å²) in [7, 11) is 3.97. The van der Waals surface area contributed by atoms with Gasteiger partial charge in [0.15, 0.2) is 0 Å². The van der Waals surface area contributed by atoms with Crippen molar-refractivity contribution < 1.29 is 9.18 Å². The summed E-state index contributed by atoms with van der Waals surface area (Å²) in [5.74, 6) is -0.394. The topological polar surface area (TPSA) is 73.4 Å². The fourth-order valence-corrected chi connectivity index (χ4v) is 3.36. The Kier molecular flexibility index (Phi) is 5.16. The number of aromatic nitrogens is 2. The highest BCUT2D eigenvalue weighted by molar-refractivity contribution is 9.10. The maximum absolute atomic E-state index is 13.3. The van der Waals surface area contributed by atoms with Gasteiger partial charge in [-0.2, -0.15) is 0 Å². The van der Waals surface area contributed by atoms with Crippen molar-refractivity contribution in [1.82, 2.24) is 20.0 Å². The van der Waals surface area contributed by atoms with Crippen LogP contribution in [0.1, 0.15) is 5.69 Å². The molecule has 2 N–H and O–H groups in total. The van der Waals surface area contributed by atoms with Gasteiger partial charge in [-0.05, 0) is 52.3 Å². The quantitative estimate of drug-likeness (QED) is 0.614. The molecule has 0 aliphatic carbocycles. The van der Waals surface area contributed by atoms with Crippen molar-refractivity contribution in [3.63, 3.8) is 0 Å². The molecule has 0 saturated carbocycles. The van der Waals surface area contributed by atoms with Crippen LogP contribution < -0.4 is 10.6 Å². The van der Waals surface area contributed by atoms with Crippen molar-refractivity contribution in [1.29, 1.82) is 0 Å². The molecule has 7 nitrogen and oxygen atoms in total. The highest BCUT2D eigenvalue weighted by Gasteiger charge is 2.18. The summed E-state index contributed by atoms with van der Waals surface area (Å²) in [5.41, 5.74) is 4.34. The van der Waals surface area contributed by atoms with Gasteiger partial charge in [0.2, 0.25) is 0 Å². The Morgan fingerprint density at radius 3 is 2.52 bits per heavy atom. The lowest BCUT2D eigenvalue weighted by Crippen LogP contribution is -2.27. The summed E-state index contributed by atoms with van der Waals surface area (Å²) in [4.78, 5) is 21.4. The zero-order valence-electron chi connectivity index (χ0n) is 15.8. The summed E-state index contributed by atoms with van der Waals surface area (Å²) >= 11 is 3.10. The molecule has 0 unspecified atom stereocenters. The summed E-state index contributed by atoms with van der Waals surface area (Å²) in [6.45, 7) is 0.754. The second kappa shape index (κ2) is 7.76. The SMILES string of the molecule is CN1C=C(c2cnc3ccc(NC(=O)Nc4ccc(F)c(Br)c4)cc3n2)CN1C. The Balaban J connectivity index is 1.52. The average molecular weight is 457 g/mol. The van der Waals surface area contributed by atoms with E-state index in [1.807, 2.05) is 25.3 Å². The number of halogens is 2. The molecule has 29 heavy (non-hydrogen) atoms. The van der Waals surface area contributed by atoms with Crippen molar-refractivity contribution in [2.24, 2.45) is 0 Å². The Morgan fingerprint density at radius 2 is 1.83 bits per heavy atom. The zero-order valence-corrected chi connectivity index (χ0v) is 17.4. The first-order valence-electron chi connectivity index (χ1n) is 8.84. The number of urea groups is 1. The number of anilines is 2. The number of carbonyl (C=O) groups is 1. The van der Waals surface area contributed by atoms with Crippen LogP contribution in [0.4, 0.5) is 20.6 Å². The standard InChI is InChI=1S/C20H18BrFN6O/c1-27-10-12(11-28(27)2)19-9-23-17-6-4-14(8-18(17)26-19)25-20(29)24-13-3-5-16(22)15(21)7-13/h3-10H,11H2,1-2H3,(H2,24,25,29). The molecule has 3 aromatic rings. The second-order valence-electron chi connectivity index (χ2n) is 6.71. The fourth-order valence-electron chi connectivity index (χ4n) is 2.98. The first-order chi connectivity index (χ1) is 13.9. The van der Waals surface area contributed by atoms with Gasteiger partial charge in [0, 0.05) is 43.8 Å². The Bertz CT molecular complexity index is 1140. The number of fused-ring (bicyclic) bond motifs is 1. The van der Waals surface area contributed by atoms with Crippen LogP contribution in [0, 0.1) is 5.82 Å². The second-order valence-corrected chi connectivity index (χ2v) is 7.56. The van der Waals surface area contributed by atoms with Gasteiger partial charge in [0.05, 0.1) is 27.4 Å². The number of hydrogen-bond donors (Lipinski definition) is 2. The fraction of sp³-hybridized carbons (Fsp3) is 0.150. The lowest BCUT2D eigenvalue weighted by Gasteiger charge is -2.18. The number of benzene rings is 2. The number of hydrazine groups is 1. The van der Waals surface area contributed by atoms with E-state index in [4.69, 9.17) is 4.98 Å². The van der Waals surface area contributed by atoms with Gasteiger partial charge < -0.3 is 15.6 Å². The number of carbonyl (C=O) groups excluding carboxylic acids is 1. The van der Waals surface area contributed by atoms with E-state index in [9.17, 15) is 9.18 Å². The minimum absolute atomic E-state index is 0.279. The molecule has 1 aliphatic rings. The summed E-state index contributed by atoms with van der Waals surface area (Å²) in [6, 6.07) is 9.16. The molecule has 0 fully saturated rings. The lowest BCUT2D eigenvalue weighted by molar-refractivity contribution is 0.118. The van der Waals surface area contributed by atoms with Crippen LogP contribution in [0.3, 0.4) is 0 Å². The zero-order chi connectivity index (χ0) is 20.5. The maximum Gasteiger partial charge on any atom is 0.323 e. The van der Waals surface area contributed by atoms with E-state index < -0.39 is 11.8 Å². The van der Waals surface area contributed by atoms with Crippen LogP contribution in [0.5, 0.6) is 0 Å². The third kappa shape index (κ3) is 4.20. The molecule has 0 saturated heterocycles. The summed E-state index contributed by atoms with van der Waals surface area (Å²) in [5, 5.41) is 9.50. The maximum atomic E-state index is 13.3. The van der Waals surface area contributed by atoms with Gasteiger partial charge >= 0.3 is 6.03 Å². The Morgan fingerprint density at radius 1 is 1.10 bits per heavy atom. The molecule has 0 spiro atoms. The molecule has 1 aromatic heterocycles. The van der Waals surface area contributed by atoms with E-state index in [0.29, 0.717) is 16.9 Å². The lowest BCUT2D eigenvalue weighted by atomic mass is 10.2. The van der Waals surface area contributed by atoms with Crippen LogP contribution in [0.25, 0.3) is 16.6 Å². The van der Waals surface area contributed by atoms with Crippen LogP contribution in [0.15, 0.2) is 53.3 Å². The molecule has 9 heteroatoms. The third-order valence-electron chi connectivity index (χ3n) is 4.59. The number of nitrogens with zero attached hydrogens (tertiary/aromatic N) is 4. The first kappa shape index (κ1) is 19.3. The van der Waals surface area contributed by atoms with Gasteiger partial charge in [-0.15, -0.1) is 0 Å². The van der Waals surface area contributed by atoms with E-state index in [1.54, 1.807) is 24.4 Å². The first-order valence-corrected chi connectivity index (χ1v) is 9.63. The van der Waals surface area contributed by atoms with Gasteiger partial charge in [-0.1, -0.05) is 0 Å². The number of rotatable bonds is 3. The van der Waals surface area contributed by atoms with Crippen molar-refractivity contribution in [2.45, 2.75) is 0 Å². The molecule has 2 heterocycles. The van der Waals surface area contributed by atoms with Gasteiger partial charge in [0.25, 0.3) is 0 Å². The third-order valence-corrected chi connectivity index (χ3v) is 5.19. The molecule has 2 amide bonds. The van der Waals surface area contributed by atoms with Crippen molar-refractivity contribution in [3.05, 3.63) is 64.8 Å². The van der Waals surface area contributed by atoms with E-state index in [1.165, 1.54) is 18.2 Å². The Labute approximate surface area is 175 Å². The van der Waals surface area contributed by atoms with Crippen molar-refractivity contribution in [2.75, 3.05) is 31.3 Å². The smallest absolute Gasteiger partial charge is 0.316 e. The molecule has 0 radical (unpaired) electrons. The van der Waals surface area contributed by atoms with E-state index in [0.717, 1.165) is 23.3 Å². The number of nitrogens with one attached hydrogen (secondary N) is 2. The minimum Gasteiger partial charge on any atom is -0.316 e. The molecular formula is C20H18BrFN6O. The summed E-state index contributed by atoms with van der Waals surface area (Å²) < 4.78 is 13.6. The van der Waals surface area contributed by atoms with Crippen LogP contribution in [0.2, 0.25) is 0 Å². The van der Waals surface area contributed by atoms with Gasteiger partial charge in [-0.25, -0.2) is 19.2 Å². The van der Waals surface area contributed by atoms with E-state index in [-0.39, 0.29) is 4.47 Å². The van der Waals surface area contributed by atoms with Gasteiger partial charge in [-0.3, -0.25) is 4.98 Å². The normalized spacial score (nSPS) is 14.2. The number of likely N-dealkylation sites (N-methyl/N-ethyl adjacent to an activating group) is 1. The molecule has 2 aromatic carbocycles. The predicted molar refractivity (Wildman–Crippen MR) is 115 cm³/mol. The number of hydrogen-bond acceptors (Lipinski definition) is 5. The number of amides is 2. The Hall–Kier alpha value is -3.04. The van der Waals surface area contributed by atoms with Crippen LogP contribution in [-0.2, 0) is 0 Å². The van der Waals surface area contributed by atoms with Crippen LogP contribution >= 0.6 is 15.9 Å².